The molecular weight excluding hydrogens is 292 g/mol. The summed E-state index contributed by atoms with van der Waals surface area (Å²) in [6.45, 7) is 2.51. The van der Waals surface area contributed by atoms with Gasteiger partial charge in [0.2, 0.25) is 0 Å². The molecule has 108 valence electrons. The highest BCUT2D eigenvalue weighted by atomic mass is 32.2. The van der Waals surface area contributed by atoms with Gasteiger partial charge < -0.3 is 15.0 Å². The summed E-state index contributed by atoms with van der Waals surface area (Å²) in [6, 6.07) is 0. The molecule has 2 N–H and O–H groups in total. The van der Waals surface area contributed by atoms with Crippen molar-refractivity contribution in [3.8, 4) is 0 Å². The van der Waals surface area contributed by atoms with Gasteiger partial charge in [0.1, 0.15) is 16.9 Å². The molecule has 21 heavy (non-hydrogen) atoms. The molecule has 1 fully saturated rings. The quantitative estimate of drug-likeness (QED) is 0.600. The second-order valence-corrected chi connectivity index (χ2v) is 5.98. The van der Waals surface area contributed by atoms with Gasteiger partial charge in [0.15, 0.2) is 0 Å². The lowest BCUT2D eigenvalue weighted by Gasteiger charge is -2.36. The van der Waals surface area contributed by atoms with E-state index in [1.165, 1.54) is 22.1 Å². The van der Waals surface area contributed by atoms with Crippen LogP contribution in [0.2, 0.25) is 0 Å². The van der Waals surface area contributed by atoms with Crippen molar-refractivity contribution in [3.63, 3.8) is 0 Å². The number of β-lactam (4-membered cyclic amide) rings is 1. The lowest BCUT2D eigenvalue weighted by molar-refractivity contribution is -0.141. The number of imidazole rings is 1. The Morgan fingerprint density at radius 1 is 1.57 bits per heavy atom. The van der Waals surface area contributed by atoms with E-state index in [1.807, 2.05) is 6.20 Å². The Balaban J connectivity index is 1.60. The van der Waals surface area contributed by atoms with Crippen molar-refractivity contribution in [2.24, 2.45) is 0 Å². The molecule has 0 radical (unpaired) electrons. The summed E-state index contributed by atoms with van der Waals surface area (Å²) in [5.41, 5.74) is 1.41. The standard InChI is InChI=1S/C13H12N4O3S/c18-11-8(12-17(11)9(6-21-12)13(19)20)3-7-5-16-2-1-14-4-10(16)15-7/h3,5-6,12,14H,1-2,4H2,(H,19,20)/b8-3+/t12-/m1/s1. The Kier molecular flexibility index (Phi) is 2.69. The SMILES string of the molecule is O=C(O)C1=CS[C@@H]2/C(=C/c3cn4c(n3)CNCC4)C(=O)N12. The number of carboxylic acid groups (broad SMARTS) is 1. The van der Waals surface area contributed by atoms with Crippen LogP contribution >= 0.6 is 11.8 Å². The zero-order valence-electron chi connectivity index (χ0n) is 10.9. The van der Waals surface area contributed by atoms with Gasteiger partial charge in [-0.2, -0.15) is 0 Å². The van der Waals surface area contributed by atoms with E-state index < -0.39 is 5.97 Å². The number of aliphatic carboxylic acids is 1. The maximum atomic E-state index is 12.1. The summed E-state index contributed by atoms with van der Waals surface area (Å²) in [4.78, 5) is 28.9. The third-order valence-corrected chi connectivity index (χ3v) is 4.83. The number of carbonyl (C=O) groups excluding carboxylic acids is 1. The monoisotopic (exact) mass is 304 g/mol. The molecule has 1 atom stereocenters. The summed E-state index contributed by atoms with van der Waals surface area (Å²) in [7, 11) is 0. The van der Waals surface area contributed by atoms with Gasteiger partial charge in [0.05, 0.1) is 17.8 Å². The minimum atomic E-state index is -1.07. The van der Waals surface area contributed by atoms with E-state index in [2.05, 4.69) is 14.9 Å². The number of nitrogens with zero attached hydrogens (tertiary/aromatic N) is 3. The molecule has 0 unspecified atom stereocenters. The minimum Gasteiger partial charge on any atom is -0.477 e. The highest BCUT2D eigenvalue weighted by Crippen LogP contribution is 2.44. The summed E-state index contributed by atoms with van der Waals surface area (Å²) in [6.07, 6.45) is 3.70. The molecule has 1 amide bonds. The molecule has 1 aromatic rings. The molecular formula is C13H12N4O3S. The minimum absolute atomic E-state index is 0.0560. The number of fused-ring (bicyclic) bond motifs is 2. The predicted molar refractivity (Wildman–Crippen MR) is 75.9 cm³/mol. The number of carboxylic acids is 1. The molecule has 0 aliphatic carbocycles. The number of rotatable bonds is 2. The highest BCUT2D eigenvalue weighted by molar-refractivity contribution is 8.03. The number of hydrogen-bond donors (Lipinski definition) is 2. The Hall–Kier alpha value is -2.06. The Morgan fingerprint density at radius 3 is 3.19 bits per heavy atom. The van der Waals surface area contributed by atoms with E-state index in [0.717, 1.165) is 31.2 Å². The maximum Gasteiger partial charge on any atom is 0.353 e. The number of aromatic nitrogens is 2. The van der Waals surface area contributed by atoms with Crippen molar-refractivity contribution in [1.29, 1.82) is 0 Å². The van der Waals surface area contributed by atoms with Crippen molar-refractivity contribution < 1.29 is 14.7 Å². The molecule has 0 bridgehead atoms. The summed E-state index contributed by atoms with van der Waals surface area (Å²) < 4.78 is 2.08. The zero-order chi connectivity index (χ0) is 14.6. The van der Waals surface area contributed by atoms with Crippen LogP contribution in [0.5, 0.6) is 0 Å². The van der Waals surface area contributed by atoms with Crippen molar-refractivity contribution in [2.75, 3.05) is 6.54 Å². The first kappa shape index (κ1) is 12.7. The molecule has 0 aromatic carbocycles. The second-order valence-electron chi connectivity index (χ2n) is 5.02. The molecule has 0 spiro atoms. The van der Waals surface area contributed by atoms with Gasteiger partial charge in [-0.1, -0.05) is 0 Å². The van der Waals surface area contributed by atoms with Crippen LogP contribution in [0.1, 0.15) is 11.5 Å². The Morgan fingerprint density at radius 2 is 2.43 bits per heavy atom. The fraction of sp³-hybridized carbons (Fsp3) is 0.308. The summed E-state index contributed by atoms with van der Waals surface area (Å²) >= 11 is 1.34. The van der Waals surface area contributed by atoms with Crippen LogP contribution in [0.25, 0.3) is 6.08 Å². The smallest absolute Gasteiger partial charge is 0.353 e. The fourth-order valence-electron chi connectivity index (χ4n) is 2.71. The maximum absolute atomic E-state index is 12.1. The lowest BCUT2D eigenvalue weighted by Crippen LogP contribution is -2.51. The van der Waals surface area contributed by atoms with E-state index in [9.17, 15) is 9.59 Å². The third kappa shape index (κ3) is 1.83. The van der Waals surface area contributed by atoms with Crippen LogP contribution in [-0.4, -0.2) is 43.4 Å². The zero-order valence-corrected chi connectivity index (χ0v) is 11.8. The molecule has 3 aliphatic rings. The average molecular weight is 304 g/mol. The van der Waals surface area contributed by atoms with Crippen molar-refractivity contribution >= 4 is 29.7 Å². The molecule has 0 saturated carbocycles. The number of hydrogen-bond acceptors (Lipinski definition) is 5. The van der Waals surface area contributed by atoms with E-state index >= 15 is 0 Å². The molecule has 4 rings (SSSR count). The van der Waals surface area contributed by atoms with Gasteiger partial charge in [-0.15, -0.1) is 11.8 Å². The normalized spacial score (nSPS) is 25.4. The number of thioether (sulfide) groups is 1. The largest absolute Gasteiger partial charge is 0.477 e. The van der Waals surface area contributed by atoms with Crippen LogP contribution in [0.3, 0.4) is 0 Å². The van der Waals surface area contributed by atoms with Crippen molar-refractivity contribution in [2.45, 2.75) is 18.5 Å². The molecule has 3 aliphatic heterocycles. The van der Waals surface area contributed by atoms with Gasteiger partial charge >= 0.3 is 5.97 Å². The summed E-state index contributed by atoms with van der Waals surface area (Å²) in [5.74, 6) is -0.358. The predicted octanol–water partition coefficient (Wildman–Crippen LogP) is 0.211. The van der Waals surface area contributed by atoms with Gasteiger partial charge in [0.25, 0.3) is 5.91 Å². The van der Waals surface area contributed by atoms with E-state index in [-0.39, 0.29) is 17.0 Å². The molecule has 7 nitrogen and oxygen atoms in total. The topological polar surface area (TPSA) is 87.5 Å². The van der Waals surface area contributed by atoms with Gasteiger partial charge in [0, 0.05) is 24.7 Å². The second kappa shape index (κ2) is 4.47. The van der Waals surface area contributed by atoms with Crippen molar-refractivity contribution in [1.82, 2.24) is 19.8 Å². The van der Waals surface area contributed by atoms with Gasteiger partial charge in [-0.3, -0.25) is 9.69 Å². The number of nitrogens with one attached hydrogen (secondary N) is 1. The first-order valence-corrected chi connectivity index (χ1v) is 7.50. The first-order valence-electron chi connectivity index (χ1n) is 6.56. The van der Waals surface area contributed by atoms with Crippen molar-refractivity contribution in [3.05, 3.63) is 34.4 Å². The van der Waals surface area contributed by atoms with E-state index in [4.69, 9.17) is 5.11 Å². The van der Waals surface area contributed by atoms with Crippen LogP contribution in [-0.2, 0) is 22.7 Å². The first-order chi connectivity index (χ1) is 10.1. The summed E-state index contributed by atoms with van der Waals surface area (Å²) in [5, 5.41) is 13.6. The molecule has 1 saturated heterocycles. The van der Waals surface area contributed by atoms with Gasteiger partial charge in [-0.05, 0) is 6.08 Å². The average Bonchev–Trinajstić information content (AvgIpc) is 3.05. The fourth-order valence-corrected chi connectivity index (χ4v) is 3.82. The lowest BCUT2D eigenvalue weighted by atomic mass is 10.0. The molecule has 1 aromatic heterocycles. The Labute approximate surface area is 124 Å². The van der Waals surface area contributed by atoms with E-state index in [0.29, 0.717) is 5.57 Å². The Bertz CT molecular complexity index is 697. The van der Waals surface area contributed by atoms with Crippen LogP contribution in [0, 0.1) is 0 Å². The van der Waals surface area contributed by atoms with Crippen LogP contribution in [0.4, 0.5) is 0 Å². The van der Waals surface area contributed by atoms with Gasteiger partial charge in [-0.25, -0.2) is 9.78 Å². The number of carbonyl (C=O) groups is 2. The molecule has 8 heteroatoms. The third-order valence-electron chi connectivity index (χ3n) is 3.75. The molecule has 4 heterocycles. The van der Waals surface area contributed by atoms with Crippen LogP contribution < -0.4 is 5.32 Å². The number of amides is 1. The van der Waals surface area contributed by atoms with Crippen LogP contribution in [0.15, 0.2) is 22.9 Å². The highest BCUT2D eigenvalue weighted by Gasteiger charge is 2.49. The van der Waals surface area contributed by atoms with E-state index in [1.54, 1.807) is 6.08 Å².